The van der Waals surface area contributed by atoms with Crippen molar-refractivity contribution in [3.63, 3.8) is 0 Å². The number of amides is 1. The summed E-state index contributed by atoms with van der Waals surface area (Å²) in [5.41, 5.74) is 11.3. The van der Waals surface area contributed by atoms with Gasteiger partial charge < -0.3 is 25.3 Å². The van der Waals surface area contributed by atoms with E-state index in [1.165, 1.54) is 37.7 Å². The average Bonchev–Trinajstić information content (AvgIpc) is 2.99. The monoisotopic (exact) mass is 598 g/mol. The molecule has 41 heavy (non-hydrogen) atoms. The van der Waals surface area contributed by atoms with Crippen LogP contribution >= 0.6 is 12.6 Å². The zero-order chi connectivity index (χ0) is 28.9. The first-order valence-corrected chi connectivity index (χ1v) is 13.8. The number of methoxy groups -OCH3 is 3. The topological polar surface area (TPSA) is 80.6 Å². The number of fused-ring (bicyclic) bond motifs is 1. The Morgan fingerprint density at radius 2 is 1.46 bits per heavy atom. The second kappa shape index (κ2) is 18.5. The van der Waals surface area contributed by atoms with Gasteiger partial charge in [-0.2, -0.15) is 0 Å². The summed E-state index contributed by atoms with van der Waals surface area (Å²) in [6.45, 7) is 2.64. The van der Waals surface area contributed by atoms with Gasteiger partial charge >= 0.3 is 51.4 Å². The van der Waals surface area contributed by atoms with Gasteiger partial charge in [0, 0.05) is 17.0 Å². The van der Waals surface area contributed by atoms with Crippen LogP contribution in [0.25, 0.3) is 16.5 Å². The summed E-state index contributed by atoms with van der Waals surface area (Å²) in [5, 5.41) is 5.32. The van der Waals surface area contributed by atoms with Crippen molar-refractivity contribution >= 4 is 29.3 Å². The van der Waals surface area contributed by atoms with E-state index in [-0.39, 0.29) is 63.3 Å². The predicted molar refractivity (Wildman–Crippen MR) is 166 cm³/mol. The van der Waals surface area contributed by atoms with Crippen LogP contribution in [0.5, 0.6) is 17.2 Å². The number of unbranched alkanes of at least 4 members (excludes halogenated alkanes) is 2. The van der Waals surface area contributed by atoms with Crippen LogP contribution in [0.3, 0.4) is 0 Å². The molecule has 8 heteroatoms. The summed E-state index contributed by atoms with van der Waals surface area (Å²) in [4.78, 5) is 13.5. The number of thiol groups is 1. The predicted octanol–water partition coefficient (Wildman–Crippen LogP) is 5.24. The van der Waals surface area contributed by atoms with Gasteiger partial charge in [0.1, 0.15) is 0 Å². The second-order valence-corrected chi connectivity index (χ2v) is 10.0. The fourth-order valence-corrected chi connectivity index (χ4v) is 4.45. The van der Waals surface area contributed by atoms with Crippen molar-refractivity contribution < 1.29 is 70.4 Å². The van der Waals surface area contributed by atoms with Gasteiger partial charge in [-0.15, -0.1) is 18.7 Å². The molecule has 0 aliphatic rings. The molecule has 0 spiro atoms. The number of aryl methyl sites for hydroxylation is 1. The van der Waals surface area contributed by atoms with Crippen LogP contribution in [0.15, 0.2) is 83.8 Å². The van der Waals surface area contributed by atoms with Crippen LogP contribution in [-0.2, 0) is 0 Å². The maximum Gasteiger partial charge on any atom is 1.00 e. The number of benzene rings is 4. The molecule has 0 aliphatic carbocycles. The number of hydrogen-bond donors (Lipinski definition) is 2. The van der Waals surface area contributed by atoms with Gasteiger partial charge in [0.2, 0.25) is 5.75 Å². The molecular weight excluding hydrogens is 560 g/mol. The first kappa shape index (κ1) is 35.2. The summed E-state index contributed by atoms with van der Waals surface area (Å²) in [7, 11) is 4.58. The molecule has 0 radical (unpaired) electrons. The summed E-state index contributed by atoms with van der Waals surface area (Å²) < 4.78 is 15.9. The number of ether oxygens (including phenoxy) is 3. The molecule has 4 aromatic carbocycles. The summed E-state index contributed by atoms with van der Waals surface area (Å²) in [6, 6.07) is 25.6. The largest absolute Gasteiger partial charge is 1.00 e. The molecule has 0 saturated heterocycles. The van der Waals surface area contributed by atoms with Crippen molar-refractivity contribution in [1.29, 1.82) is 0 Å². The van der Waals surface area contributed by atoms with Gasteiger partial charge in [-0.1, -0.05) is 85.0 Å². The molecule has 0 fully saturated rings. The van der Waals surface area contributed by atoms with Crippen LogP contribution in [0.1, 0.15) is 53.2 Å². The molecule has 4 rings (SSSR count). The van der Waals surface area contributed by atoms with Crippen LogP contribution in [0.2, 0.25) is 0 Å². The van der Waals surface area contributed by atoms with Crippen LogP contribution in [0, 0.1) is 6.92 Å². The van der Waals surface area contributed by atoms with E-state index in [1.54, 1.807) is 12.1 Å². The zero-order valence-electron chi connectivity index (χ0n) is 24.7. The molecule has 0 bridgehead atoms. The van der Waals surface area contributed by atoms with E-state index < -0.39 is 0 Å². The Balaban J connectivity index is 0.000000563. The molecule has 0 aliphatic heterocycles. The van der Waals surface area contributed by atoms with Crippen LogP contribution < -0.4 is 70.9 Å². The Morgan fingerprint density at radius 1 is 0.829 bits per heavy atom. The number of nitrogens with one attached hydrogen (secondary N) is 2. The molecule has 1 unspecified atom stereocenters. The quantitative estimate of drug-likeness (QED) is 0.141. The fraction of sp³-hybridized carbons (Fsp3) is 0.303. The summed E-state index contributed by atoms with van der Waals surface area (Å²) in [5.74, 6) is 1.18. The molecule has 2 N–H and O–H groups in total. The maximum absolute atomic E-state index is 12.5. The molecule has 1 atom stereocenters. The third kappa shape index (κ3) is 10.9. The van der Waals surface area contributed by atoms with Gasteiger partial charge in [0.25, 0.3) is 5.91 Å². The van der Waals surface area contributed by atoms with Crippen molar-refractivity contribution in [3.8, 4) is 17.2 Å². The number of carbonyl (C=O) groups is 1. The molecular formula is C33H39KN2O4S. The van der Waals surface area contributed by atoms with E-state index in [2.05, 4.69) is 55.2 Å². The van der Waals surface area contributed by atoms with E-state index in [1.807, 2.05) is 36.4 Å². The van der Waals surface area contributed by atoms with Crippen molar-refractivity contribution in [2.75, 3.05) is 27.9 Å². The minimum Gasteiger partial charge on any atom is -0.671 e. The molecule has 6 nitrogen and oxygen atoms in total. The molecule has 4 aromatic rings. The number of rotatable bonds is 11. The van der Waals surface area contributed by atoms with E-state index in [9.17, 15) is 4.79 Å². The van der Waals surface area contributed by atoms with Crippen LogP contribution in [0.4, 0.5) is 0 Å². The number of carbonyl (C=O) groups excluding carboxylic acids is 1. The van der Waals surface area contributed by atoms with Crippen LogP contribution in [-0.4, -0.2) is 33.8 Å². The van der Waals surface area contributed by atoms with E-state index in [4.69, 9.17) is 19.9 Å². The van der Waals surface area contributed by atoms with E-state index >= 15 is 0 Å². The average molecular weight is 599 g/mol. The first-order chi connectivity index (χ1) is 19.4. The van der Waals surface area contributed by atoms with Gasteiger partial charge in [0.15, 0.2) is 11.5 Å². The van der Waals surface area contributed by atoms with Crippen molar-refractivity contribution in [2.24, 2.45) is 0 Å². The normalized spacial score (nSPS) is 11.0. The van der Waals surface area contributed by atoms with E-state index in [0.717, 1.165) is 36.1 Å². The Hall–Kier alpha value is -2.04. The minimum atomic E-state index is -0.228. The Bertz CT molecular complexity index is 1340. The molecule has 212 valence electrons. The SMILES string of the molecule is COc1cc(C(=O)NCCCCCC([NH-])c2ccc3ccccc3c2)cc(OC)c1OC.Cc1ccc(S)cc1.[K+]. The third-order valence-electron chi connectivity index (χ3n) is 6.59. The molecule has 1 amide bonds. The standard InChI is InChI=1S/C26H31N2O4.C7H8S.K/c1-30-23-16-21(17-24(31-2)25(23)32-3)26(29)28-14-8-4-5-11-22(27)20-13-12-18-9-6-7-10-19(18)15-20;1-6-2-4-7(8)5-3-6;/h6-7,9-10,12-13,15-17,22,27H,4-5,8,11,14H2,1-3H3,(H,28,29);2-5,8H,1H3;/q-1;;+1. The molecule has 0 heterocycles. The minimum absolute atomic E-state index is 0. The van der Waals surface area contributed by atoms with Crippen molar-refractivity contribution in [3.05, 3.63) is 101 Å². The van der Waals surface area contributed by atoms with Gasteiger partial charge in [-0.25, -0.2) is 0 Å². The maximum atomic E-state index is 12.5. The van der Waals surface area contributed by atoms with E-state index in [0.29, 0.717) is 29.4 Å². The fourth-order valence-electron chi connectivity index (χ4n) is 4.30. The Labute approximate surface area is 292 Å². The number of hydrogen-bond acceptors (Lipinski definition) is 5. The van der Waals surface area contributed by atoms with Crippen molar-refractivity contribution in [1.82, 2.24) is 5.32 Å². The molecule has 0 aromatic heterocycles. The molecule has 0 saturated carbocycles. The smallest absolute Gasteiger partial charge is 0.671 e. The van der Waals surface area contributed by atoms with Gasteiger partial charge in [-0.3, -0.25) is 4.79 Å². The second-order valence-electron chi connectivity index (χ2n) is 9.51. The third-order valence-corrected chi connectivity index (χ3v) is 6.89. The first-order valence-electron chi connectivity index (χ1n) is 13.4. The van der Waals surface area contributed by atoms with Gasteiger partial charge in [-0.05, 0) is 48.4 Å². The zero-order valence-corrected chi connectivity index (χ0v) is 28.7. The van der Waals surface area contributed by atoms with Crippen molar-refractivity contribution in [2.45, 2.75) is 43.5 Å². The summed E-state index contributed by atoms with van der Waals surface area (Å²) in [6.07, 6.45) is 3.57. The Morgan fingerprint density at radius 3 is 2.05 bits per heavy atom. The Kier molecular flexibility index (Phi) is 15.8. The van der Waals surface area contributed by atoms with Gasteiger partial charge in [0.05, 0.1) is 21.3 Å². The summed E-state index contributed by atoms with van der Waals surface area (Å²) >= 11 is 4.13.